The summed E-state index contributed by atoms with van der Waals surface area (Å²) in [4.78, 5) is 19.7. The third-order valence-corrected chi connectivity index (χ3v) is 3.46. The molecule has 0 bridgehead atoms. The van der Waals surface area contributed by atoms with E-state index in [4.69, 9.17) is 0 Å². The van der Waals surface area contributed by atoms with Crippen LogP contribution >= 0.6 is 0 Å². The van der Waals surface area contributed by atoms with E-state index >= 15 is 0 Å². The highest BCUT2D eigenvalue weighted by Gasteiger charge is 2.47. The first kappa shape index (κ1) is 12.8. The molecule has 1 aromatic heterocycles. The molecule has 1 heterocycles. The zero-order valence-corrected chi connectivity index (χ0v) is 10.8. The van der Waals surface area contributed by atoms with E-state index in [2.05, 4.69) is 22.2 Å². The first-order valence-corrected chi connectivity index (χ1v) is 6.38. The second-order valence-corrected chi connectivity index (χ2v) is 5.05. The molecule has 0 amide bonds. The maximum atomic E-state index is 11.4. The highest BCUT2D eigenvalue weighted by atomic mass is 16.4. The van der Waals surface area contributed by atoms with Crippen LogP contribution in [0.3, 0.4) is 0 Å². The van der Waals surface area contributed by atoms with Crippen molar-refractivity contribution in [3.8, 4) is 0 Å². The first-order valence-electron chi connectivity index (χ1n) is 6.38. The molecule has 1 aliphatic rings. The zero-order chi connectivity index (χ0) is 13.2. The Hall–Kier alpha value is -1.65. The van der Waals surface area contributed by atoms with Gasteiger partial charge in [-0.3, -0.25) is 0 Å². The third-order valence-electron chi connectivity index (χ3n) is 3.46. The molecule has 98 valence electrons. The average Bonchev–Trinajstić information content (AvgIpc) is 3.13. The fourth-order valence-electron chi connectivity index (χ4n) is 2.12. The number of aliphatic carboxylic acids is 1. The maximum Gasteiger partial charge on any atom is 0.329 e. The molecule has 18 heavy (non-hydrogen) atoms. The number of hydrogen-bond donors (Lipinski definition) is 2. The molecule has 1 fully saturated rings. The molecule has 1 saturated carbocycles. The number of carboxylic acids is 1. The highest BCUT2D eigenvalue weighted by Crippen LogP contribution is 2.41. The summed E-state index contributed by atoms with van der Waals surface area (Å²) in [6.07, 6.45) is 5.30. The van der Waals surface area contributed by atoms with Gasteiger partial charge in [-0.05, 0) is 32.1 Å². The number of anilines is 1. The Kier molecular flexibility index (Phi) is 3.50. The fourth-order valence-corrected chi connectivity index (χ4v) is 2.12. The van der Waals surface area contributed by atoms with E-state index in [-0.39, 0.29) is 5.92 Å². The number of hydrogen-bond acceptors (Lipinski definition) is 4. The Morgan fingerprint density at radius 3 is 2.83 bits per heavy atom. The molecule has 5 heteroatoms. The lowest BCUT2D eigenvalue weighted by atomic mass is 9.96. The van der Waals surface area contributed by atoms with Crippen molar-refractivity contribution in [3.63, 3.8) is 0 Å². The molecular weight excluding hydrogens is 230 g/mol. The van der Waals surface area contributed by atoms with E-state index in [0.717, 1.165) is 31.4 Å². The average molecular weight is 249 g/mol. The number of nitrogens with one attached hydrogen (secondary N) is 1. The van der Waals surface area contributed by atoms with Gasteiger partial charge >= 0.3 is 5.97 Å². The number of nitrogens with zero attached hydrogens (tertiary/aromatic N) is 2. The van der Waals surface area contributed by atoms with Gasteiger partial charge in [-0.2, -0.15) is 0 Å². The van der Waals surface area contributed by atoms with Crippen LogP contribution in [0.25, 0.3) is 0 Å². The molecule has 0 spiro atoms. The molecule has 2 N–H and O–H groups in total. The number of rotatable bonds is 6. The molecule has 2 rings (SSSR count). The second kappa shape index (κ2) is 4.92. The van der Waals surface area contributed by atoms with Gasteiger partial charge in [0, 0.05) is 11.8 Å². The van der Waals surface area contributed by atoms with Gasteiger partial charge in [0.25, 0.3) is 0 Å². The van der Waals surface area contributed by atoms with Gasteiger partial charge in [-0.15, -0.1) is 0 Å². The van der Waals surface area contributed by atoms with Crippen molar-refractivity contribution in [2.45, 2.75) is 45.1 Å². The van der Waals surface area contributed by atoms with Crippen LogP contribution in [-0.4, -0.2) is 26.6 Å². The van der Waals surface area contributed by atoms with Gasteiger partial charge in [0.05, 0.1) is 0 Å². The number of aryl methyl sites for hydroxylation is 1. The molecule has 1 unspecified atom stereocenters. The van der Waals surface area contributed by atoms with Gasteiger partial charge in [0.2, 0.25) is 0 Å². The summed E-state index contributed by atoms with van der Waals surface area (Å²) >= 11 is 0. The Balaban J connectivity index is 2.16. The Morgan fingerprint density at radius 2 is 2.28 bits per heavy atom. The summed E-state index contributed by atoms with van der Waals surface area (Å²) in [7, 11) is 0. The van der Waals surface area contributed by atoms with Crippen molar-refractivity contribution in [2.24, 2.45) is 5.92 Å². The van der Waals surface area contributed by atoms with Crippen LogP contribution < -0.4 is 5.32 Å². The molecule has 0 aliphatic heterocycles. The summed E-state index contributed by atoms with van der Waals surface area (Å²) < 4.78 is 0. The number of carboxylic acid groups (broad SMARTS) is 1. The molecule has 1 aromatic rings. The van der Waals surface area contributed by atoms with E-state index in [1.54, 1.807) is 6.92 Å². The lowest BCUT2D eigenvalue weighted by Crippen LogP contribution is -2.45. The lowest BCUT2D eigenvalue weighted by Gasteiger charge is -2.26. The molecule has 5 nitrogen and oxygen atoms in total. The summed E-state index contributed by atoms with van der Waals surface area (Å²) in [6.45, 7) is 3.81. The lowest BCUT2D eigenvalue weighted by molar-refractivity contribution is -0.142. The monoisotopic (exact) mass is 249 g/mol. The summed E-state index contributed by atoms with van der Waals surface area (Å²) in [5.41, 5.74) is 0.0243. The molecular formula is C13H19N3O2. The van der Waals surface area contributed by atoms with E-state index in [9.17, 15) is 9.90 Å². The van der Waals surface area contributed by atoms with Gasteiger partial charge in [0.1, 0.15) is 17.7 Å². The molecule has 0 aromatic carbocycles. The maximum absolute atomic E-state index is 11.4. The van der Waals surface area contributed by atoms with Crippen molar-refractivity contribution < 1.29 is 9.90 Å². The SMILES string of the molecule is CCCc1cc(NC(C)(C(=O)O)C2CC2)ncn1. The summed E-state index contributed by atoms with van der Waals surface area (Å²) in [6, 6.07) is 1.84. The Labute approximate surface area is 107 Å². The Morgan fingerprint density at radius 1 is 1.56 bits per heavy atom. The minimum Gasteiger partial charge on any atom is -0.480 e. The standard InChI is InChI=1S/C13H19N3O2/c1-3-4-10-7-11(15-8-14-10)16-13(2,12(17)18)9-5-6-9/h7-9H,3-6H2,1-2H3,(H,17,18)(H,14,15,16). The normalized spacial score (nSPS) is 18.1. The molecule has 1 aliphatic carbocycles. The first-order chi connectivity index (χ1) is 8.56. The van der Waals surface area contributed by atoms with Crippen LogP contribution in [0, 0.1) is 5.92 Å². The van der Waals surface area contributed by atoms with Crippen molar-refractivity contribution in [3.05, 3.63) is 18.1 Å². The van der Waals surface area contributed by atoms with Crippen molar-refractivity contribution in [1.82, 2.24) is 9.97 Å². The van der Waals surface area contributed by atoms with Crippen LogP contribution in [0.4, 0.5) is 5.82 Å². The minimum absolute atomic E-state index is 0.194. The Bertz CT molecular complexity index is 446. The molecule has 0 radical (unpaired) electrons. The third kappa shape index (κ3) is 2.60. The van der Waals surface area contributed by atoms with Gasteiger partial charge in [-0.1, -0.05) is 13.3 Å². The van der Waals surface area contributed by atoms with E-state index in [0.29, 0.717) is 5.82 Å². The number of carbonyl (C=O) groups is 1. The zero-order valence-electron chi connectivity index (χ0n) is 10.8. The summed E-state index contributed by atoms with van der Waals surface area (Å²) in [5, 5.41) is 12.4. The van der Waals surface area contributed by atoms with Gasteiger partial charge in [0.15, 0.2) is 0 Å². The van der Waals surface area contributed by atoms with E-state index in [1.165, 1.54) is 6.33 Å². The van der Waals surface area contributed by atoms with Crippen LogP contribution in [0.2, 0.25) is 0 Å². The van der Waals surface area contributed by atoms with Gasteiger partial charge < -0.3 is 10.4 Å². The summed E-state index contributed by atoms with van der Waals surface area (Å²) in [5.74, 6) is -0.0227. The predicted octanol–water partition coefficient (Wildman–Crippen LogP) is 2.09. The number of aromatic nitrogens is 2. The second-order valence-electron chi connectivity index (χ2n) is 5.05. The van der Waals surface area contributed by atoms with Crippen molar-refractivity contribution >= 4 is 11.8 Å². The van der Waals surface area contributed by atoms with Crippen molar-refractivity contribution in [2.75, 3.05) is 5.32 Å². The van der Waals surface area contributed by atoms with Crippen LogP contribution in [0.15, 0.2) is 12.4 Å². The van der Waals surface area contributed by atoms with Gasteiger partial charge in [-0.25, -0.2) is 14.8 Å². The smallest absolute Gasteiger partial charge is 0.329 e. The van der Waals surface area contributed by atoms with Crippen LogP contribution in [0.1, 0.15) is 38.8 Å². The largest absolute Gasteiger partial charge is 0.480 e. The minimum atomic E-state index is -0.919. The van der Waals surface area contributed by atoms with Crippen molar-refractivity contribution in [1.29, 1.82) is 0 Å². The van der Waals surface area contributed by atoms with E-state index in [1.807, 2.05) is 6.07 Å². The molecule has 1 atom stereocenters. The quantitative estimate of drug-likeness (QED) is 0.807. The molecule has 0 saturated heterocycles. The van der Waals surface area contributed by atoms with Crippen LogP contribution in [-0.2, 0) is 11.2 Å². The fraction of sp³-hybridized carbons (Fsp3) is 0.615. The van der Waals surface area contributed by atoms with Crippen LogP contribution in [0.5, 0.6) is 0 Å². The highest BCUT2D eigenvalue weighted by molar-refractivity contribution is 5.82. The van der Waals surface area contributed by atoms with E-state index < -0.39 is 11.5 Å². The topological polar surface area (TPSA) is 75.1 Å². The predicted molar refractivity (Wildman–Crippen MR) is 68.4 cm³/mol.